The highest BCUT2D eigenvalue weighted by molar-refractivity contribution is 6.41. The van der Waals surface area contributed by atoms with Gasteiger partial charge < -0.3 is 10.2 Å². The Kier molecular flexibility index (Phi) is 1.92. The Morgan fingerprint density at radius 2 is 2.17 bits per heavy atom. The Labute approximate surface area is 67.4 Å². The second-order valence-corrected chi connectivity index (χ2v) is 1.97. The number of primary amides is 1. The molecule has 0 radical (unpaired) electrons. The minimum Gasteiger partial charge on any atom is -0.442 e. The van der Waals surface area contributed by atoms with Gasteiger partial charge in [0.2, 0.25) is 5.76 Å². The first-order chi connectivity index (χ1) is 5.65. The van der Waals surface area contributed by atoms with Gasteiger partial charge in [-0.25, -0.2) is 0 Å². The predicted octanol–water partition coefficient (Wildman–Crippen LogP) is -0.181. The van der Waals surface area contributed by atoms with Gasteiger partial charge in [-0.2, -0.15) is 5.26 Å². The highest BCUT2D eigenvalue weighted by Gasteiger charge is 2.16. The highest BCUT2D eigenvalue weighted by Crippen LogP contribution is 2.06. The maximum Gasteiger partial charge on any atom is 0.293 e. The number of hydrogen-bond donors (Lipinski definition) is 1. The lowest BCUT2D eigenvalue weighted by Crippen LogP contribution is -2.22. The number of furan rings is 1. The molecule has 0 aliphatic rings. The van der Waals surface area contributed by atoms with E-state index in [-0.39, 0.29) is 11.5 Å². The molecule has 0 fully saturated rings. The average molecular weight is 164 g/mol. The van der Waals surface area contributed by atoms with Crippen LogP contribution in [-0.4, -0.2) is 11.7 Å². The molecule has 0 saturated carbocycles. The summed E-state index contributed by atoms with van der Waals surface area (Å²) in [7, 11) is 0. The Hall–Kier alpha value is -2.09. The summed E-state index contributed by atoms with van der Waals surface area (Å²) >= 11 is 0. The minimum atomic E-state index is -1.10. The van der Waals surface area contributed by atoms with Crippen molar-refractivity contribution in [3.05, 3.63) is 23.7 Å². The normalized spacial score (nSPS) is 8.92. The van der Waals surface area contributed by atoms with Crippen LogP contribution in [0.1, 0.15) is 16.3 Å². The second-order valence-electron chi connectivity index (χ2n) is 1.97. The quantitative estimate of drug-likeness (QED) is 0.484. The van der Waals surface area contributed by atoms with Crippen LogP contribution in [0.5, 0.6) is 0 Å². The molecule has 0 saturated heterocycles. The fourth-order valence-corrected chi connectivity index (χ4v) is 0.641. The van der Waals surface area contributed by atoms with Crippen LogP contribution in [0, 0.1) is 11.3 Å². The summed E-state index contributed by atoms with van der Waals surface area (Å²) in [5.74, 6) is -2.27. The fraction of sp³-hybridized carbons (Fsp3) is 0. The first-order valence-corrected chi connectivity index (χ1v) is 2.99. The lowest BCUT2D eigenvalue weighted by atomic mass is 10.3. The molecule has 1 aromatic rings. The molecule has 0 spiro atoms. The number of carbonyl (C=O) groups is 2. The number of nitrogens with two attached hydrogens (primary N) is 1. The third-order valence-electron chi connectivity index (χ3n) is 1.16. The maximum absolute atomic E-state index is 10.8. The zero-order chi connectivity index (χ0) is 9.14. The highest BCUT2D eigenvalue weighted by atomic mass is 16.3. The van der Waals surface area contributed by atoms with Gasteiger partial charge in [0.1, 0.15) is 6.07 Å². The van der Waals surface area contributed by atoms with Crippen molar-refractivity contribution in [3.8, 4) is 6.07 Å². The molecule has 0 aromatic carbocycles. The van der Waals surface area contributed by atoms with E-state index in [9.17, 15) is 9.59 Å². The van der Waals surface area contributed by atoms with E-state index in [0.29, 0.717) is 0 Å². The average Bonchev–Trinajstić information content (AvgIpc) is 2.50. The molecule has 12 heavy (non-hydrogen) atoms. The van der Waals surface area contributed by atoms with Crippen molar-refractivity contribution in [1.29, 1.82) is 5.26 Å². The van der Waals surface area contributed by atoms with Crippen LogP contribution in [0.4, 0.5) is 0 Å². The standard InChI is InChI=1S/C7H4N2O3/c8-3-4-1-2-5(12-4)6(10)7(9)11/h1-2H,(H2,9,11). The van der Waals surface area contributed by atoms with E-state index in [2.05, 4.69) is 10.2 Å². The zero-order valence-electron chi connectivity index (χ0n) is 5.90. The number of nitriles is 1. The number of ketones is 1. The fourth-order valence-electron chi connectivity index (χ4n) is 0.641. The van der Waals surface area contributed by atoms with Gasteiger partial charge in [0.05, 0.1) is 0 Å². The van der Waals surface area contributed by atoms with E-state index in [1.807, 2.05) is 0 Å². The number of hydrogen-bond acceptors (Lipinski definition) is 4. The Morgan fingerprint density at radius 1 is 1.50 bits per heavy atom. The predicted molar refractivity (Wildman–Crippen MR) is 36.9 cm³/mol. The van der Waals surface area contributed by atoms with Crippen LogP contribution < -0.4 is 5.73 Å². The minimum absolute atomic E-state index is 0.0281. The molecular formula is C7H4N2O3. The molecule has 1 aromatic heterocycles. The number of carbonyl (C=O) groups excluding carboxylic acids is 2. The summed E-state index contributed by atoms with van der Waals surface area (Å²) in [4.78, 5) is 21.1. The van der Waals surface area contributed by atoms with E-state index in [1.165, 1.54) is 12.1 Å². The first kappa shape index (κ1) is 8.01. The van der Waals surface area contributed by atoms with Crippen LogP contribution in [0.15, 0.2) is 16.5 Å². The number of amides is 1. The first-order valence-electron chi connectivity index (χ1n) is 2.99. The maximum atomic E-state index is 10.8. The summed E-state index contributed by atoms with van der Waals surface area (Å²) in [5, 5.41) is 8.30. The van der Waals surface area contributed by atoms with Crippen molar-refractivity contribution in [1.82, 2.24) is 0 Å². The van der Waals surface area contributed by atoms with Crippen molar-refractivity contribution in [2.24, 2.45) is 5.73 Å². The van der Waals surface area contributed by atoms with Gasteiger partial charge in [0.25, 0.3) is 11.7 Å². The Bertz CT molecular complexity index is 372. The SMILES string of the molecule is N#Cc1ccc(C(=O)C(N)=O)o1. The number of Topliss-reactive ketones (excluding diaryl/α,β-unsaturated/α-hetero) is 1. The number of rotatable bonds is 2. The van der Waals surface area contributed by atoms with E-state index < -0.39 is 11.7 Å². The third kappa shape index (κ3) is 1.32. The summed E-state index contributed by atoms with van der Waals surface area (Å²) in [6.45, 7) is 0. The van der Waals surface area contributed by atoms with E-state index in [4.69, 9.17) is 5.26 Å². The Morgan fingerprint density at radius 3 is 2.58 bits per heavy atom. The summed E-state index contributed by atoms with van der Waals surface area (Å²) in [6, 6.07) is 4.19. The molecule has 60 valence electrons. The van der Waals surface area contributed by atoms with Crippen molar-refractivity contribution < 1.29 is 14.0 Å². The van der Waals surface area contributed by atoms with Crippen molar-refractivity contribution in [2.45, 2.75) is 0 Å². The van der Waals surface area contributed by atoms with Crippen LogP contribution in [0.2, 0.25) is 0 Å². The topological polar surface area (TPSA) is 97.1 Å². The third-order valence-corrected chi connectivity index (χ3v) is 1.16. The summed E-state index contributed by atoms with van der Waals surface area (Å²) in [6.07, 6.45) is 0. The second kappa shape index (κ2) is 2.88. The van der Waals surface area contributed by atoms with Crippen LogP contribution >= 0.6 is 0 Å². The van der Waals surface area contributed by atoms with Crippen molar-refractivity contribution >= 4 is 11.7 Å². The lowest BCUT2D eigenvalue weighted by molar-refractivity contribution is -0.114. The number of nitrogens with zero attached hydrogens (tertiary/aromatic N) is 1. The molecule has 0 aliphatic heterocycles. The van der Waals surface area contributed by atoms with E-state index >= 15 is 0 Å². The van der Waals surface area contributed by atoms with Crippen molar-refractivity contribution in [3.63, 3.8) is 0 Å². The van der Waals surface area contributed by atoms with Crippen LogP contribution in [-0.2, 0) is 4.79 Å². The van der Waals surface area contributed by atoms with Crippen LogP contribution in [0.25, 0.3) is 0 Å². The van der Waals surface area contributed by atoms with Crippen LogP contribution in [0.3, 0.4) is 0 Å². The Balaban J connectivity index is 2.99. The molecule has 0 bridgehead atoms. The van der Waals surface area contributed by atoms with E-state index in [0.717, 1.165) is 0 Å². The largest absolute Gasteiger partial charge is 0.442 e. The molecule has 1 amide bonds. The molecule has 2 N–H and O–H groups in total. The molecule has 1 heterocycles. The van der Waals surface area contributed by atoms with Gasteiger partial charge in [-0.3, -0.25) is 9.59 Å². The molecule has 0 atom stereocenters. The summed E-state index contributed by atoms with van der Waals surface area (Å²) in [5.41, 5.74) is 4.69. The lowest BCUT2D eigenvalue weighted by Gasteiger charge is -1.86. The van der Waals surface area contributed by atoms with Gasteiger partial charge in [-0.05, 0) is 12.1 Å². The van der Waals surface area contributed by atoms with Gasteiger partial charge in [-0.15, -0.1) is 0 Å². The smallest absolute Gasteiger partial charge is 0.293 e. The van der Waals surface area contributed by atoms with Gasteiger partial charge in [0.15, 0.2) is 5.76 Å². The molecule has 1 rings (SSSR count). The van der Waals surface area contributed by atoms with Gasteiger partial charge in [0, 0.05) is 0 Å². The molecule has 5 nitrogen and oxygen atoms in total. The molecular weight excluding hydrogens is 160 g/mol. The zero-order valence-corrected chi connectivity index (χ0v) is 5.90. The van der Waals surface area contributed by atoms with Crippen molar-refractivity contribution in [2.75, 3.05) is 0 Å². The van der Waals surface area contributed by atoms with Gasteiger partial charge in [-0.1, -0.05) is 0 Å². The molecule has 0 unspecified atom stereocenters. The molecule has 0 aliphatic carbocycles. The molecule has 5 heteroatoms. The van der Waals surface area contributed by atoms with E-state index in [1.54, 1.807) is 6.07 Å². The monoisotopic (exact) mass is 164 g/mol. The van der Waals surface area contributed by atoms with Gasteiger partial charge >= 0.3 is 0 Å². The summed E-state index contributed by atoms with van der Waals surface area (Å²) < 4.78 is 4.64.